The molecule has 2 heterocycles. The zero-order valence-corrected chi connectivity index (χ0v) is 12.4. The van der Waals surface area contributed by atoms with E-state index in [-0.39, 0.29) is 23.3 Å². The van der Waals surface area contributed by atoms with Gasteiger partial charge >= 0.3 is 5.97 Å². The van der Waals surface area contributed by atoms with Crippen molar-refractivity contribution < 1.29 is 19.4 Å². The lowest BCUT2D eigenvalue weighted by molar-refractivity contribution is -0.00259. The molecule has 2 aliphatic rings. The van der Waals surface area contributed by atoms with Gasteiger partial charge in [-0.1, -0.05) is 0 Å². The number of nitrogens with zero attached hydrogens (tertiary/aromatic N) is 2. The van der Waals surface area contributed by atoms with E-state index < -0.39 is 5.97 Å². The highest BCUT2D eigenvalue weighted by molar-refractivity contribution is 5.95. The number of pyridine rings is 1. The second-order valence-corrected chi connectivity index (χ2v) is 6.03. The molecule has 1 unspecified atom stereocenters. The molecule has 6 nitrogen and oxygen atoms in total. The van der Waals surface area contributed by atoms with Crippen molar-refractivity contribution in [2.45, 2.75) is 31.8 Å². The Morgan fingerprint density at radius 3 is 2.91 bits per heavy atom. The van der Waals surface area contributed by atoms with Crippen molar-refractivity contribution in [1.29, 1.82) is 0 Å². The average molecular weight is 304 g/mol. The summed E-state index contributed by atoms with van der Waals surface area (Å²) in [5, 5.41) is 9.00. The number of amides is 1. The van der Waals surface area contributed by atoms with Gasteiger partial charge in [0.1, 0.15) is 5.69 Å². The van der Waals surface area contributed by atoms with E-state index in [9.17, 15) is 9.59 Å². The first-order valence-corrected chi connectivity index (χ1v) is 7.73. The summed E-state index contributed by atoms with van der Waals surface area (Å²) in [6.45, 7) is 2.02. The predicted molar refractivity (Wildman–Crippen MR) is 78.8 cm³/mol. The molecule has 0 aromatic carbocycles. The second kappa shape index (κ2) is 6.44. The van der Waals surface area contributed by atoms with Crippen molar-refractivity contribution in [2.24, 2.45) is 5.92 Å². The Hall–Kier alpha value is -1.95. The lowest BCUT2D eigenvalue weighted by Crippen LogP contribution is -2.43. The highest BCUT2D eigenvalue weighted by Gasteiger charge is 2.28. The molecule has 1 aromatic rings. The minimum Gasteiger partial charge on any atom is -0.478 e. The zero-order chi connectivity index (χ0) is 15.5. The summed E-state index contributed by atoms with van der Waals surface area (Å²) >= 11 is 0. The van der Waals surface area contributed by atoms with Gasteiger partial charge in [0.15, 0.2) is 0 Å². The topological polar surface area (TPSA) is 79.7 Å². The molecule has 1 atom stereocenters. The van der Waals surface area contributed by atoms with E-state index in [1.54, 1.807) is 4.90 Å². The molecule has 2 fully saturated rings. The van der Waals surface area contributed by atoms with Crippen LogP contribution >= 0.6 is 0 Å². The number of carbonyl (C=O) groups excluding carboxylic acids is 1. The molecule has 3 rings (SSSR count). The molecule has 0 bridgehead atoms. The number of carbonyl (C=O) groups is 2. The lowest BCUT2D eigenvalue weighted by Gasteiger charge is -2.32. The number of hydrogen-bond acceptors (Lipinski definition) is 4. The Morgan fingerprint density at radius 2 is 2.18 bits per heavy atom. The first-order valence-electron chi connectivity index (χ1n) is 7.73. The maximum Gasteiger partial charge on any atom is 0.335 e. The van der Waals surface area contributed by atoms with E-state index in [0.717, 1.165) is 19.4 Å². The molecule has 22 heavy (non-hydrogen) atoms. The molecule has 118 valence electrons. The summed E-state index contributed by atoms with van der Waals surface area (Å²) in [6, 6.07) is 2.72. The summed E-state index contributed by atoms with van der Waals surface area (Å²) in [6.07, 6.45) is 5.82. The van der Waals surface area contributed by atoms with Crippen LogP contribution in [-0.2, 0) is 4.74 Å². The monoisotopic (exact) mass is 304 g/mol. The van der Waals surface area contributed by atoms with E-state index in [1.807, 2.05) is 0 Å². The van der Waals surface area contributed by atoms with Crippen LogP contribution in [0.15, 0.2) is 18.3 Å². The molecular formula is C16H20N2O4. The van der Waals surface area contributed by atoms with Crippen LogP contribution in [-0.4, -0.2) is 52.7 Å². The van der Waals surface area contributed by atoms with Gasteiger partial charge in [-0.2, -0.15) is 0 Å². The quantitative estimate of drug-likeness (QED) is 0.897. The summed E-state index contributed by atoms with van der Waals surface area (Å²) in [4.78, 5) is 29.2. The van der Waals surface area contributed by atoms with Gasteiger partial charge < -0.3 is 14.7 Å². The fourth-order valence-corrected chi connectivity index (χ4v) is 2.66. The van der Waals surface area contributed by atoms with Gasteiger partial charge in [0.05, 0.1) is 11.7 Å². The number of aromatic carboxylic acids is 1. The predicted octanol–water partition coefficient (Wildman–Crippen LogP) is 1.81. The molecule has 0 spiro atoms. The Bertz CT molecular complexity index is 571. The molecule has 1 aromatic heterocycles. The van der Waals surface area contributed by atoms with Crippen molar-refractivity contribution in [1.82, 2.24) is 9.88 Å². The Balaban J connectivity index is 1.62. The van der Waals surface area contributed by atoms with Gasteiger partial charge in [-0.25, -0.2) is 4.79 Å². The lowest BCUT2D eigenvalue weighted by atomic mass is 10.1. The fraction of sp³-hybridized carbons (Fsp3) is 0.562. The Labute approximate surface area is 129 Å². The molecule has 1 aliphatic heterocycles. The fourth-order valence-electron chi connectivity index (χ4n) is 2.66. The molecule has 1 N–H and O–H groups in total. The summed E-state index contributed by atoms with van der Waals surface area (Å²) in [7, 11) is 0. The number of carboxylic acids is 1. The third kappa shape index (κ3) is 3.62. The summed E-state index contributed by atoms with van der Waals surface area (Å²) < 4.78 is 5.88. The molecule has 1 saturated heterocycles. The Kier molecular flexibility index (Phi) is 4.38. The average Bonchev–Trinajstić information content (AvgIpc) is 3.37. The Morgan fingerprint density at radius 1 is 1.36 bits per heavy atom. The van der Waals surface area contributed by atoms with Crippen molar-refractivity contribution in [2.75, 3.05) is 19.7 Å². The smallest absolute Gasteiger partial charge is 0.335 e. The van der Waals surface area contributed by atoms with Crippen LogP contribution < -0.4 is 0 Å². The first-order chi connectivity index (χ1) is 10.6. The number of piperidine rings is 1. The van der Waals surface area contributed by atoms with E-state index in [2.05, 4.69) is 4.98 Å². The SMILES string of the molecule is O=C(O)c1ccnc(C(=O)N2CCCC(OCC3CC3)C2)c1. The van der Waals surface area contributed by atoms with Crippen LogP contribution in [0.25, 0.3) is 0 Å². The van der Waals surface area contributed by atoms with E-state index in [0.29, 0.717) is 19.0 Å². The highest BCUT2D eigenvalue weighted by Crippen LogP contribution is 2.30. The van der Waals surface area contributed by atoms with Gasteiger partial charge in [-0.3, -0.25) is 9.78 Å². The van der Waals surface area contributed by atoms with Crippen LogP contribution in [0.5, 0.6) is 0 Å². The van der Waals surface area contributed by atoms with E-state index in [1.165, 1.54) is 31.2 Å². The largest absolute Gasteiger partial charge is 0.478 e. The maximum atomic E-state index is 12.5. The van der Waals surface area contributed by atoms with Crippen LogP contribution in [0.2, 0.25) is 0 Å². The molecule has 6 heteroatoms. The van der Waals surface area contributed by atoms with Crippen molar-refractivity contribution in [3.05, 3.63) is 29.6 Å². The molecule has 1 aliphatic carbocycles. The van der Waals surface area contributed by atoms with Crippen molar-refractivity contribution >= 4 is 11.9 Å². The minimum absolute atomic E-state index is 0.0805. The van der Waals surface area contributed by atoms with Crippen LogP contribution in [0.4, 0.5) is 0 Å². The van der Waals surface area contributed by atoms with Crippen LogP contribution in [0.3, 0.4) is 0 Å². The molecular weight excluding hydrogens is 284 g/mol. The van der Waals surface area contributed by atoms with Gasteiger partial charge in [0.25, 0.3) is 5.91 Å². The van der Waals surface area contributed by atoms with Crippen molar-refractivity contribution in [3.63, 3.8) is 0 Å². The van der Waals surface area contributed by atoms with Gasteiger partial charge in [-0.15, -0.1) is 0 Å². The standard InChI is InChI=1S/C16H20N2O4/c19-15(14-8-12(16(20)21)5-6-17-14)18-7-1-2-13(9-18)22-10-11-3-4-11/h5-6,8,11,13H,1-4,7,9-10H2,(H,20,21). The van der Waals surface area contributed by atoms with Gasteiger partial charge in [0.2, 0.25) is 0 Å². The van der Waals surface area contributed by atoms with E-state index >= 15 is 0 Å². The number of ether oxygens (including phenoxy) is 1. The molecule has 1 amide bonds. The molecule has 0 radical (unpaired) electrons. The van der Waals surface area contributed by atoms with E-state index in [4.69, 9.17) is 9.84 Å². The number of carboxylic acid groups (broad SMARTS) is 1. The van der Waals surface area contributed by atoms with Crippen LogP contribution in [0, 0.1) is 5.92 Å². The number of hydrogen-bond donors (Lipinski definition) is 1. The first kappa shape index (κ1) is 15.0. The maximum absolute atomic E-state index is 12.5. The zero-order valence-electron chi connectivity index (χ0n) is 12.4. The summed E-state index contributed by atoms with van der Waals surface area (Å²) in [5.74, 6) is -0.566. The third-order valence-electron chi connectivity index (χ3n) is 4.16. The molecule has 1 saturated carbocycles. The normalized spacial score (nSPS) is 21.6. The van der Waals surface area contributed by atoms with Crippen molar-refractivity contribution in [3.8, 4) is 0 Å². The summed E-state index contributed by atoms with van der Waals surface area (Å²) in [5.41, 5.74) is 0.264. The minimum atomic E-state index is -1.05. The van der Waals surface area contributed by atoms with Crippen LogP contribution in [0.1, 0.15) is 46.5 Å². The second-order valence-electron chi connectivity index (χ2n) is 6.03. The van der Waals surface area contributed by atoms with Gasteiger partial charge in [-0.05, 0) is 43.7 Å². The number of likely N-dealkylation sites (tertiary alicyclic amines) is 1. The highest BCUT2D eigenvalue weighted by atomic mass is 16.5. The third-order valence-corrected chi connectivity index (χ3v) is 4.16. The number of aromatic nitrogens is 1. The van der Waals surface area contributed by atoms with Gasteiger partial charge in [0, 0.05) is 25.9 Å². The number of rotatable bonds is 5.